The summed E-state index contributed by atoms with van der Waals surface area (Å²) in [6.07, 6.45) is 5.36. The fraction of sp³-hybridized carbons (Fsp3) is 0.130. The molecule has 2 aromatic heterocycles. The number of imidazole rings is 1. The maximum atomic E-state index is 5.95. The van der Waals surface area contributed by atoms with E-state index in [9.17, 15) is 0 Å². The van der Waals surface area contributed by atoms with Gasteiger partial charge in [-0.15, -0.1) is 0 Å². The minimum absolute atomic E-state index is 0.0621. The molecule has 1 unspecified atom stereocenters. The number of rotatable bonds is 5. The fourth-order valence-corrected chi connectivity index (χ4v) is 3.41. The van der Waals surface area contributed by atoms with Gasteiger partial charge >= 0.3 is 0 Å². The molecule has 0 aliphatic carbocycles. The molecule has 0 saturated heterocycles. The van der Waals surface area contributed by atoms with Crippen LogP contribution in [0.3, 0.4) is 0 Å². The van der Waals surface area contributed by atoms with E-state index in [0.717, 1.165) is 17.0 Å². The monoisotopic (exact) mass is 369 g/mol. The first-order chi connectivity index (χ1) is 13.9. The van der Waals surface area contributed by atoms with E-state index in [1.807, 2.05) is 54.9 Å². The van der Waals surface area contributed by atoms with Crippen molar-refractivity contribution in [2.75, 3.05) is 6.61 Å². The van der Waals surface area contributed by atoms with E-state index in [1.54, 1.807) is 6.20 Å². The molecule has 0 saturated carbocycles. The highest BCUT2D eigenvalue weighted by Crippen LogP contribution is 2.29. The molecule has 5 rings (SSSR count). The molecule has 4 aromatic rings. The van der Waals surface area contributed by atoms with Gasteiger partial charge in [0.05, 0.1) is 18.4 Å². The molecule has 1 aliphatic heterocycles. The summed E-state index contributed by atoms with van der Waals surface area (Å²) in [4.78, 5) is 8.56. The van der Waals surface area contributed by atoms with Crippen LogP contribution in [0.15, 0.2) is 85.3 Å². The predicted molar refractivity (Wildman–Crippen MR) is 107 cm³/mol. The highest BCUT2D eigenvalue weighted by atomic mass is 16.6. The zero-order valence-corrected chi connectivity index (χ0v) is 15.2. The molecule has 28 heavy (non-hydrogen) atoms. The Morgan fingerprint density at radius 2 is 1.68 bits per heavy atom. The maximum absolute atomic E-state index is 5.95. The molecule has 5 nitrogen and oxygen atoms in total. The van der Waals surface area contributed by atoms with Gasteiger partial charge in [0.2, 0.25) is 0 Å². The van der Waals surface area contributed by atoms with E-state index in [2.05, 4.69) is 38.8 Å². The molecular weight excluding hydrogens is 350 g/mol. The minimum atomic E-state index is -0.0621. The first-order valence-electron chi connectivity index (χ1n) is 9.28. The summed E-state index contributed by atoms with van der Waals surface area (Å²) in [5.41, 5.74) is 4.41. The van der Waals surface area contributed by atoms with Crippen molar-refractivity contribution < 1.29 is 9.47 Å². The summed E-state index contributed by atoms with van der Waals surface area (Å²) >= 11 is 0. The van der Waals surface area contributed by atoms with Crippen molar-refractivity contribution in [3.05, 3.63) is 85.3 Å². The molecule has 0 fully saturated rings. The number of hydrogen-bond acceptors (Lipinski definition) is 4. The summed E-state index contributed by atoms with van der Waals surface area (Å²) in [6, 6.07) is 23.0. The predicted octanol–water partition coefficient (Wildman–Crippen LogP) is 4.45. The van der Waals surface area contributed by atoms with E-state index < -0.39 is 0 Å². The van der Waals surface area contributed by atoms with Crippen LogP contribution in [0.25, 0.3) is 22.4 Å². The number of pyridine rings is 1. The van der Waals surface area contributed by atoms with Crippen LogP contribution in [0.2, 0.25) is 0 Å². The van der Waals surface area contributed by atoms with E-state index in [-0.39, 0.29) is 6.10 Å². The first kappa shape index (κ1) is 16.6. The van der Waals surface area contributed by atoms with E-state index in [0.29, 0.717) is 19.2 Å². The van der Waals surface area contributed by atoms with Gasteiger partial charge in [-0.3, -0.25) is 9.55 Å². The minimum Gasteiger partial charge on any atom is -0.490 e. The number of fused-ring (bicyclic) bond motifs is 1. The van der Waals surface area contributed by atoms with E-state index >= 15 is 0 Å². The zero-order valence-electron chi connectivity index (χ0n) is 15.2. The number of aromatic nitrogens is 3. The number of benzene rings is 2. The molecule has 0 radical (unpaired) electrons. The van der Waals surface area contributed by atoms with Crippen LogP contribution in [0.5, 0.6) is 11.8 Å². The Labute approximate surface area is 163 Å². The quantitative estimate of drug-likeness (QED) is 0.521. The third kappa shape index (κ3) is 3.22. The SMILES string of the molecule is c1ccc(-c2ccc(OCC3Cn4c(-c5cccnc5)cnc4O3)cc2)cc1. The second-order valence-corrected chi connectivity index (χ2v) is 6.72. The first-order valence-corrected chi connectivity index (χ1v) is 9.28. The lowest BCUT2D eigenvalue weighted by atomic mass is 10.1. The van der Waals surface area contributed by atoms with Crippen molar-refractivity contribution in [2.24, 2.45) is 0 Å². The van der Waals surface area contributed by atoms with Gasteiger partial charge in [-0.1, -0.05) is 42.5 Å². The van der Waals surface area contributed by atoms with Gasteiger partial charge in [-0.05, 0) is 35.4 Å². The lowest BCUT2D eigenvalue weighted by Crippen LogP contribution is -2.23. The number of hydrogen-bond donors (Lipinski definition) is 0. The van der Waals surface area contributed by atoms with Crippen LogP contribution in [0, 0.1) is 0 Å². The number of nitrogens with zero attached hydrogens (tertiary/aromatic N) is 3. The third-order valence-electron chi connectivity index (χ3n) is 4.83. The summed E-state index contributed by atoms with van der Waals surface area (Å²) < 4.78 is 14.0. The van der Waals surface area contributed by atoms with Gasteiger partial charge in [0, 0.05) is 18.0 Å². The van der Waals surface area contributed by atoms with Gasteiger partial charge in [0.25, 0.3) is 6.01 Å². The second kappa shape index (κ2) is 7.19. The van der Waals surface area contributed by atoms with Crippen molar-refractivity contribution in [3.8, 4) is 34.1 Å². The summed E-state index contributed by atoms with van der Waals surface area (Å²) in [5.74, 6) is 0.834. The van der Waals surface area contributed by atoms with Gasteiger partial charge in [-0.2, -0.15) is 0 Å². The average Bonchev–Trinajstić information content (AvgIpc) is 3.34. The summed E-state index contributed by atoms with van der Waals surface area (Å²) in [6.45, 7) is 1.18. The zero-order chi connectivity index (χ0) is 18.8. The van der Waals surface area contributed by atoms with Gasteiger partial charge < -0.3 is 9.47 Å². The average molecular weight is 369 g/mol. The molecule has 2 aromatic carbocycles. The van der Waals surface area contributed by atoms with Crippen molar-refractivity contribution >= 4 is 0 Å². The Bertz CT molecular complexity index is 1060. The Kier molecular flexibility index (Phi) is 4.26. The molecule has 0 amide bonds. The van der Waals surface area contributed by atoms with Gasteiger partial charge in [-0.25, -0.2) is 4.98 Å². The maximum Gasteiger partial charge on any atom is 0.297 e. The van der Waals surface area contributed by atoms with Crippen molar-refractivity contribution in [3.63, 3.8) is 0 Å². The molecule has 138 valence electrons. The largest absolute Gasteiger partial charge is 0.490 e. The Morgan fingerprint density at radius 1 is 0.893 bits per heavy atom. The lowest BCUT2D eigenvalue weighted by molar-refractivity contribution is 0.143. The molecule has 3 heterocycles. The smallest absolute Gasteiger partial charge is 0.297 e. The van der Waals surface area contributed by atoms with E-state index in [1.165, 1.54) is 11.1 Å². The summed E-state index contributed by atoms with van der Waals surface area (Å²) in [7, 11) is 0. The normalized spacial score (nSPS) is 15.1. The van der Waals surface area contributed by atoms with Crippen molar-refractivity contribution in [1.29, 1.82) is 0 Å². The van der Waals surface area contributed by atoms with Crippen LogP contribution >= 0.6 is 0 Å². The molecule has 5 heteroatoms. The van der Waals surface area contributed by atoms with Crippen molar-refractivity contribution in [1.82, 2.24) is 14.5 Å². The lowest BCUT2D eigenvalue weighted by Gasteiger charge is -2.12. The van der Waals surface area contributed by atoms with Crippen LogP contribution in [0.4, 0.5) is 0 Å². The number of ether oxygens (including phenoxy) is 2. The fourth-order valence-electron chi connectivity index (χ4n) is 3.41. The third-order valence-corrected chi connectivity index (χ3v) is 4.83. The Morgan fingerprint density at radius 3 is 2.46 bits per heavy atom. The molecule has 0 spiro atoms. The molecule has 1 atom stereocenters. The highest BCUT2D eigenvalue weighted by Gasteiger charge is 2.27. The molecule has 1 aliphatic rings. The van der Waals surface area contributed by atoms with Crippen molar-refractivity contribution in [2.45, 2.75) is 12.6 Å². The van der Waals surface area contributed by atoms with Crippen LogP contribution in [-0.4, -0.2) is 27.2 Å². The Balaban J connectivity index is 1.23. The van der Waals surface area contributed by atoms with Crippen LogP contribution < -0.4 is 9.47 Å². The standard InChI is InChI=1S/C23H19N3O2/c1-2-5-17(6-3-1)18-8-10-20(11-9-18)27-16-21-15-26-22(14-25-23(26)28-21)19-7-4-12-24-13-19/h1-14,21H,15-16H2. The van der Waals surface area contributed by atoms with Gasteiger partial charge in [0.1, 0.15) is 12.4 Å². The summed E-state index contributed by atoms with van der Waals surface area (Å²) in [5, 5.41) is 0. The molecule has 0 N–H and O–H groups in total. The van der Waals surface area contributed by atoms with Gasteiger partial charge in [0.15, 0.2) is 6.10 Å². The molecule has 0 bridgehead atoms. The molecular formula is C23H19N3O2. The van der Waals surface area contributed by atoms with Crippen LogP contribution in [-0.2, 0) is 6.54 Å². The topological polar surface area (TPSA) is 49.2 Å². The van der Waals surface area contributed by atoms with E-state index in [4.69, 9.17) is 9.47 Å². The Hall–Kier alpha value is -3.60. The van der Waals surface area contributed by atoms with Crippen LogP contribution in [0.1, 0.15) is 0 Å². The second-order valence-electron chi connectivity index (χ2n) is 6.72. The highest BCUT2D eigenvalue weighted by molar-refractivity contribution is 5.64.